The standard InChI is InChI=1S/C19H14O4.C2H6O/c20-18(21)9-6-12-5-7-16-14-4-2-1-3-13(14)11-17(16)15(12)8-10-19(22)23;1-2-3/h1-10H,11H2,(H,20,21)(H,22,23);3H,2H2,1H3. The van der Waals surface area contributed by atoms with Crippen LogP contribution in [0.15, 0.2) is 48.6 Å². The van der Waals surface area contributed by atoms with Crippen molar-refractivity contribution in [2.45, 2.75) is 13.3 Å². The summed E-state index contributed by atoms with van der Waals surface area (Å²) in [6.07, 6.45) is 5.87. The summed E-state index contributed by atoms with van der Waals surface area (Å²) in [6, 6.07) is 11.8. The van der Waals surface area contributed by atoms with Gasteiger partial charge in [0.15, 0.2) is 0 Å². The van der Waals surface area contributed by atoms with Gasteiger partial charge in [-0.1, -0.05) is 36.4 Å². The molecule has 0 spiro atoms. The summed E-state index contributed by atoms with van der Waals surface area (Å²) in [5.41, 5.74) is 5.86. The van der Waals surface area contributed by atoms with E-state index in [1.165, 1.54) is 17.7 Å². The van der Waals surface area contributed by atoms with Gasteiger partial charge in [-0.05, 0) is 58.9 Å². The number of aliphatic hydroxyl groups excluding tert-OH is 1. The van der Waals surface area contributed by atoms with Gasteiger partial charge in [-0.2, -0.15) is 0 Å². The number of aliphatic hydroxyl groups is 1. The Morgan fingerprint density at radius 2 is 1.58 bits per heavy atom. The first-order valence-electron chi connectivity index (χ1n) is 8.15. The molecule has 0 bridgehead atoms. The molecule has 0 amide bonds. The number of carboxylic acid groups (broad SMARTS) is 2. The molecule has 1 aliphatic rings. The molecule has 1 aliphatic carbocycles. The highest BCUT2D eigenvalue weighted by Gasteiger charge is 2.21. The zero-order chi connectivity index (χ0) is 19.1. The molecule has 0 aromatic heterocycles. The number of carbonyl (C=O) groups is 2. The van der Waals surface area contributed by atoms with Gasteiger partial charge >= 0.3 is 11.9 Å². The Morgan fingerprint density at radius 1 is 0.962 bits per heavy atom. The molecule has 3 N–H and O–H groups in total. The van der Waals surface area contributed by atoms with Crippen LogP contribution in [0.4, 0.5) is 0 Å². The van der Waals surface area contributed by atoms with Crippen molar-refractivity contribution in [1.29, 1.82) is 0 Å². The Hall–Kier alpha value is -3.18. The molecule has 0 fully saturated rings. The van der Waals surface area contributed by atoms with Gasteiger partial charge in [-0.15, -0.1) is 0 Å². The highest BCUT2D eigenvalue weighted by Crippen LogP contribution is 2.40. The molecule has 0 saturated heterocycles. The van der Waals surface area contributed by atoms with Gasteiger partial charge in [0.2, 0.25) is 0 Å². The minimum Gasteiger partial charge on any atom is -0.478 e. The zero-order valence-corrected chi connectivity index (χ0v) is 14.3. The van der Waals surface area contributed by atoms with Crippen molar-refractivity contribution in [2.24, 2.45) is 0 Å². The van der Waals surface area contributed by atoms with E-state index in [2.05, 4.69) is 0 Å². The Balaban J connectivity index is 0.000000758. The van der Waals surface area contributed by atoms with Crippen LogP contribution in [0.25, 0.3) is 23.3 Å². The van der Waals surface area contributed by atoms with Crippen LogP contribution in [0.5, 0.6) is 0 Å². The second-order valence-corrected chi connectivity index (χ2v) is 5.59. The van der Waals surface area contributed by atoms with Gasteiger partial charge in [0.25, 0.3) is 0 Å². The number of fused-ring (bicyclic) bond motifs is 3. The lowest BCUT2D eigenvalue weighted by Gasteiger charge is -2.09. The maximum atomic E-state index is 10.9. The van der Waals surface area contributed by atoms with Gasteiger partial charge in [0.05, 0.1) is 0 Å². The van der Waals surface area contributed by atoms with Crippen LogP contribution in [0, 0.1) is 0 Å². The van der Waals surface area contributed by atoms with E-state index in [9.17, 15) is 9.59 Å². The molecular weight excluding hydrogens is 332 g/mol. The first-order chi connectivity index (χ1) is 12.5. The predicted molar refractivity (Wildman–Crippen MR) is 101 cm³/mol. The predicted octanol–water partition coefficient (Wildman–Crippen LogP) is 3.45. The highest BCUT2D eigenvalue weighted by atomic mass is 16.4. The normalized spacial score (nSPS) is 11.8. The van der Waals surface area contributed by atoms with Crippen LogP contribution in [0.3, 0.4) is 0 Å². The molecule has 3 rings (SSSR count). The van der Waals surface area contributed by atoms with Crippen LogP contribution in [-0.2, 0) is 16.0 Å². The minimum atomic E-state index is -1.04. The zero-order valence-electron chi connectivity index (χ0n) is 14.3. The third-order valence-corrected chi connectivity index (χ3v) is 3.86. The first kappa shape index (κ1) is 19.1. The number of carboxylic acids is 2. The fourth-order valence-electron chi connectivity index (χ4n) is 2.91. The lowest BCUT2D eigenvalue weighted by molar-refractivity contribution is -0.132. The van der Waals surface area contributed by atoms with Crippen molar-refractivity contribution in [3.05, 3.63) is 70.8 Å². The average Bonchev–Trinajstić information content (AvgIpc) is 2.97. The number of aliphatic carboxylic acids is 2. The van der Waals surface area contributed by atoms with Gasteiger partial charge in [-0.25, -0.2) is 9.59 Å². The van der Waals surface area contributed by atoms with Crippen LogP contribution < -0.4 is 0 Å². The van der Waals surface area contributed by atoms with Crippen molar-refractivity contribution in [2.75, 3.05) is 6.61 Å². The second-order valence-electron chi connectivity index (χ2n) is 5.59. The van der Waals surface area contributed by atoms with Crippen LogP contribution >= 0.6 is 0 Å². The maximum absolute atomic E-state index is 10.9. The topological polar surface area (TPSA) is 94.8 Å². The van der Waals surface area contributed by atoms with E-state index in [-0.39, 0.29) is 6.61 Å². The second kappa shape index (κ2) is 8.78. The maximum Gasteiger partial charge on any atom is 0.328 e. The molecule has 26 heavy (non-hydrogen) atoms. The quantitative estimate of drug-likeness (QED) is 0.625. The van der Waals surface area contributed by atoms with E-state index in [0.29, 0.717) is 12.0 Å². The van der Waals surface area contributed by atoms with Gasteiger partial charge in [-0.3, -0.25) is 0 Å². The third kappa shape index (κ3) is 4.46. The van der Waals surface area contributed by atoms with Crippen molar-refractivity contribution in [1.82, 2.24) is 0 Å². The summed E-state index contributed by atoms with van der Waals surface area (Å²) in [6.45, 7) is 1.93. The molecule has 134 valence electrons. The molecular formula is C21H20O5. The van der Waals surface area contributed by atoms with Crippen molar-refractivity contribution >= 4 is 24.1 Å². The lowest BCUT2D eigenvalue weighted by atomic mass is 9.95. The first-order valence-corrected chi connectivity index (χ1v) is 8.15. The highest BCUT2D eigenvalue weighted by molar-refractivity contribution is 5.92. The van der Waals surface area contributed by atoms with E-state index < -0.39 is 11.9 Å². The van der Waals surface area contributed by atoms with E-state index in [0.717, 1.165) is 34.4 Å². The summed E-state index contributed by atoms with van der Waals surface area (Å²) in [7, 11) is 0. The SMILES string of the molecule is CCO.O=C(O)C=Cc1ccc2c(c1C=CC(=O)O)Cc1ccccc1-2. The summed E-state index contributed by atoms with van der Waals surface area (Å²) >= 11 is 0. The van der Waals surface area contributed by atoms with Crippen LogP contribution in [0.2, 0.25) is 0 Å². The fourth-order valence-corrected chi connectivity index (χ4v) is 2.91. The molecule has 5 nitrogen and oxygen atoms in total. The van der Waals surface area contributed by atoms with Gasteiger partial charge in [0, 0.05) is 18.8 Å². The molecule has 5 heteroatoms. The molecule has 0 saturated carbocycles. The van der Waals surface area contributed by atoms with Gasteiger partial charge < -0.3 is 15.3 Å². The van der Waals surface area contributed by atoms with E-state index in [1.807, 2.05) is 36.4 Å². The average molecular weight is 352 g/mol. The van der Waals surface area contributed by atoms with Crippen LogP contribution in [-0.4, -0.2) is 33.9 Å². The van der Waals surface area contributed by atoms with E-state index in [4.69, 9.17) is 15.3 Å². The van der Waals surface area contributed by atoms with Gasteiger partial charge in [0.1, 0.15) is 0 Å². The Labute approximate surface area is 151 Å². The summed E-state index contributed by atoms with van der Waals surface area (Å²) in [4.78, 5) is 21.6. The number of hydrogen-bond donors (Lipinski definition) is 3. The minimum absolute atomic E-state index is 0.250. The monoisotopic (exact) mass is 352 g/mol. The largest absolute Gasteiger partial charge is 0.478 e. The van der Waals surface area contributed by atoms with E-state index >= 15 is 0 Å². The molecule has 0 heterocycles. The van der Waals surface area contributed by atoms with Crippen molar-refractivity contribution in [3.63, 3.8) is 0 Å². The Morgan fingerprint density at radius 3 is 2.23 bits per heavy atom. The summed E-state index contributed by atoms with van der Waals surface area (Å²) in [5.74, 6) is -2.08. The molecule has 2 aromatic carbocycles. The van der Waals surface area contributed by atoms with Crippen molar-refractivity contribution < 1.29 is 24.9 Å². The molecule has 2 aromatic rings. The molecule has 0 unspecified atom stereocenters. The fraction of sp³-hybridized carbons (Fsp3) is 0.143. The van der Waals surface area contributed by atoms with Crippen molar-refractivity contribution in [3.8, 4) is 11.1 Å². The number of benzene rings is 2. The molecule has 0 atom stereocenters. The smallest absolute Gasteiger partial charge is 0.328 e. The van der Waals surface area contributed by atoms with E-state index in [1.54, 1.807) is 6.92 Å². The third-order valence-electron chi connectivity index (χ3n) is 3.86. The number of hydrogen-bond acceptors (Lipinski definition) is 3. The van der Waals surface area contributed by atoms with Crippen LogP contribution in [0.1, 0.15) is 29.2 Å². The number of rotatable bonds is 4. The molecule has 0 aliphatic heterocycles. The Bertz CT molecular complexity index is 878. The molecule has 0 radical (unpaired) electrons. The Kier molecular flexibility index (Phi) is 6.47. The summed E-state index contributed by atoms with van der Waals surface area (Å²) < 4.78 is 0. The summed E-state index contributed by atoms with van der Waals surface area (Å²) in [5, 5.41) is 25.3. The lowest BCUT2D eigenvalue weighted by Crippen LogP contribution is -1.94.